The molecule has 3 rings (SSSR count). The molecule has 0 atom stereocenters. The van der Waals surface area contributed by atoms with Gasteiger partial charge in [-0.25, -0.2) is 0 Å². The van der Waals surface area contributed by atoms with Crippen LogP contribution in [0, 0.1) is 17.3 Å². The van der Waals surface area contributed by atoms with E-state index in [-0.39, 0.29) is 5.41 Å². The van der Waals surface area contributed by atoms with Crippen LogP contribution < -0.4 is 4.74 Å². The van der Waals surface area contributed by atoms with E-state index in [9.17, 15) is 0 Å². The fourth-order valence-corrected chi connectivity index (χ4v) is 3.54. The van der Waals surface area contributed by atoms with E-state index >= 15 is 0 Å². The summed E-state index contributed by atoms with van der Waals surface area (Å²) in [5.74, 6) is 7.32. The lowest BCUT2D eigenvalue weighted by molar-refractivity contribution is 0.290. The van der Waals surface area contributed by atoms with Crippen LogP contribution >= 0.6 is 0 Å². The van der Waals surface area contributed by atoms with Gasteiger partial charge >= 0.3 is 0 Å². The van der Waals surface area contributed by atoms with Crippen molar-refractivity contribution >= 4 is 0 Å². The van der Waals surface area contributed by atoms with Gasteiger partial charge in [0.05, 0.1) is 0 Å². The van der Waals surface area contributed by atoms with E-state index in [0.717, 1.165) is 43.1 Å². The molecule has 0 saturated heterocycles. The summed E-state index contributed by atoms with van der Waals surface area (Å²) in [5, 5.41) is 0. The maximum Gasteiger partial charge on any atom is 0.120 e. The predicted octanol–water partition coefficient (Wildman–Crippen LogP) is 6.87. The molecule has 1 heterocycles. The Morgan fingerprint density at radius 2 is 1.73 bits per heavy atom. The molecule has 0 N–H and O–H groups in total. The van der Waals surface area contributed by atoms with Gasteiger partial charge in [0.2, 0.25) is 0 Å². The van der Waals surface area contributed by atoms with E-state index in [0.29, 0.717) is 6.61 Å². The molecule has 3 heteroatoms. The van der Waals surface area contributed by atoms with Crippen LogP contribution in [0.15, 0.2) is 85.2 Å². The van der Waals surface area contributed by atoms with Gasteiger partial charge in [0.25, 0.3) is 0 Å². The fraction of sp³-hybridized carbons (Fsp3) is 0.333. The van der Waals surface area contributed by atoms with Gasteiger partial charge in [-0.2, -0.15) is 0 Å². The zero-order chi connectivity index (χ0) is 23.5. The summed E-state index contributed by atoms with van der Waals surface area (Å²) >= 11 is 0. The molecule has 0 aliphatic heterocycles. The normalized spacial score (nSPS) is 11.5. The minimum atomic E-state index is 0.0392. The number of allylic oxidation sites excluding steroid dienone is 1. The van der Waals surface area contributed by atoms with Gasteiger partial charge in [-0.1, -0.05) is 49.1 Å². The first-order valence-corrected chi connectivity index (χ1v) is 11.8. The van der Waals surface area contributed by atoms with Crippen molar-refractivity contribution in [3.8, 4) is 23.3 Å². The molecule has 1 aromatic heterocycles. The Hall–Kier alpha value is -3.22. The highest BCUT2D eigenvalue weighted by molar-refractivity contribution is 5.37. The zero-order valence-corrected chi connectivity index (χ0v) is 20.4. The van der Waals surface area contributed by atoms with Crippen molar-refractivity contribution in [1.82, 2.24) is 9.47 Å². The molecule has 0 amide bonds. The average molecular weight is 441 g/mol. The Labute approximate surface area is 199 Å². The average Bonchev–Trinajstić information content (AvgIpc) is 3.32. The second-order valence-corrected chi connectivity index (χ2v) is 9.35. The van der Waals surface area contributed by atoms with Crippen molar-refractivity contribution in [2.75, 3.05) is 13.1 Å². The second kappa shape index (κ2) is 12.1. The topological polar surface area (TPSA) is 17.4 Å². The van der Waals surface area contributed by atoms with Gasteiger partial charge in [-0.15, -0.1) is 0 Å². The first-order chi connectivity index (χ1) is 15.9. The largest absolute Gasteiger partial charge is 0.489 e. The van der Waals surface area contributed by atoms with Gasteiger partial charge < -0.3 is 9.30 Å². The summed E-state index contributed by atoms with van der Waals surface area (Å²) in [6, 6.07) is 21.0. The third kappa shape index (κ3) is 8.67. The third-order valence-electron chi connectivity index (χ3n) is 5.08. The number of nitrogens with zero attached hydrogens (tertiary/aromatic N) is 2. The van der Waals surface area contributed by atoms with E-state index in [1.807, 2.05) is 24.3 Å². The highest BCUT2D eigenvalue weighted by Crippen LogP contribution is 2.18. The third-order valence-corrected chi connectivity index (χ3v) is 5.08. The zero-order valence-electron chi connectivity index (χ0n) is 20.4. The first kappa shape index (κ1) is 24.4. The molecule has 0 radical (unpaired) electrons. The van der Waals surface area contributed by atoms with Gasteiger partial charge in [-0.05, 0) is 87.3 Å². The number of benzene rings is 2. The van der Waals surface area contributed by atoms with Crippen molar-refractivity contribution in [3.05, 3.63) is 96.3 Å². The number of ether oxygens (including phenoxy) is 1. The van der Waals surface area contributed by atoms with Crippen LogP contribution in [0.4, 0.5) is 0 Å². The highest BCUT2D eigenvalue weighted by Gasteiger charge is 2.06. The Bertz CT molecular complexity index is 1080. The van der Waals surface area contributed by atoms with Crippen LogP contribution in [0.3, 0.4) is 0 Å². The van der Waals surface area contributed by atoms with Crippen molar-refractivity contribution in [3.63, 3.8) is 0 Å². The standard InChI is InChI=1S/C30H36N2O/c1-5-18-31(19-8-6-7-17-30(2,3)4)24-26-13-12-16-29(23-26)33-25-27-14-11-15-28(22-27)32-20-9-10-21-32/h6,8-16,20-23H,5,18-19,24-25H2,1-4H3/b8-6+. The molecular weight excluding hydrogens is 404 g/mol. The van der Waals surface area contributed by atoms with Crippen molar-refractivity contribution < 1.29 is 4.74 Å². The van der Waals surface area contributed by atoms with Crippen LogP contribution in [-0.2, 0) is 13.2 Å². The summed E-state index contributed by atoms with van der Waals surface area (Å²) in [6.07, 6.45) is 9.37. The lowest BCUT2D eigenvalue weighted by Gasteiger charge is -2.20. The summed E-state index contributed by atoms with van der Waals surface area (Å²) in [4.78, 5) is 2.44. The summed E-state index contributed by atoms with van der Waals surface area (Å²) < 4.78 is 8.24. The molecule has 3 nitrogen and oxygen atoms in total. The quantitative estimate of drug-likeness (QED) is 0.320. The Morgan fingerprint density at radius 3 is 2.48 bits per heavy atom. The van der Waals surface area contributed by atoms with Crippen LogP contribution in [0.2, 0.25) is 0 Å². The predicted molar refractivity (Wildman–Crippen MR) is 138 cm³/mol. The minimum Gasteiger partial charge on any atom is -0.489 e. The van der Waals surface area contributed by atoms with Crippen LogP contribution in [0.5, 0.6) is 5.75 Å². The Kier molecular flexibility index (Phi) is 8.98. The smallest absolute Gasteiger partial charge is 0.120 e. The molecule has 33 heavy (non-hydrogen) atoms. The highest BCUT2D eigenvalue weighted by atomic mass is 16.5. The van der Waals surface area contributed by atoms with E-state index in [2.05, 4.69) is 110 Å². The molecule has 0 aliphatic rings. The summed E-state index contributed by atoms with van der Waals surface area (Å²) in [7, 11) is 0. The fourth-order valence-electron chi connectivity index (χ4n) is 3.54. The van der Waals surface area contributed by atoms with Crippen LogP contribution in [0.25, 0.3) is 5.69 Å². The lowest BCUT2D eigenvalue weighted by Crippen LogP contribution is -2.24. The molecule has 0 spiro atoms. The minimum absolute atomic E-state index is 0.0392. The van der Waals surface area contributed by atoms with Gasteiger partial charge in [0, 0.05) is 36.6 Å². The Balaban J connectivity index is 1.58. The maximum atomic E-state index is 6.13. The maximum absolute atomic E-state index is 6.13. The van der Waals surface area contributed by atoms with Crippen LogP contribution in [-0.4, -0.2) is 22.6 Å². The first-order valence-electron chi connectivity index (χ1n) is 11.8. The Morgan fingerprint density at radius 1 is 0.970 bits per heavy atom. The van der Waals surface area contributed by atoms with Gasteiger partial charge in [0.1, 0.15) is 12.4 Å². The van der Waals surface area contributed by atoms with Crippen molar-refractivity contribution in [2.45, 2.75) is 47.3 Å². The number of aromatic nitrogens is 1. The molecule has 3 aromatic rings. The lowest BCUT2D eigenvalue weighted by atomic mass is 9.98. The molecule has 0 saturated carbocycles. The molecule has 172 valence electrons. The monoisotopic (exact) mass is 440 g/mol. The molecule has 0 aliphatic carbocycles. The van der Waals surface area contributed by atoms with Gasteiger partial charge in [0.15, 0.2) is 0 Å². The summed E-state index contributed by atoms with van der Waals surface area (Å²) in [6.45, 7) is 12.0. The molecule has 0 fully saturated rings. The van der Waals surface area contributed by atoms with Crippen LogP contribution in [0.1, 0.15) is 45.2 Å². The van der Waals surface area contributed by atoms with E-state index < -0.39 is 0 Å². The number of hydrogen-bond donors (Lipinski definition) is 0. The molecule has 2 aromatic carbocycles. The SMILES string of the molecule is CCCN(C/C=C/C#CC(C)(C)C)Cc1cccc(OCc2cccc(-n3cccc3)c2)c1. The van der Waals surface area contributed by atoms with E-state index in [1.165, 1.54) is 5.56 Å². The van der Waals surface area contributed by atoms with Crippen molar-refractivity contribution in [2.24, 2.45) is 5.41 Å². The van der Waals surface area contributed by atoms with Gasteiger partial charge in [-0.3, -0.25) is 4.90 Å². The van der Waals surface area contributed by atoms with E-state index in [1.54, 1.807) is 0 Å². The number of hydrogen-bond acceptors (Lipinski definition) is 2. The molecular formula is C30H36N2O. The van der Waals surface area contributed by atoms with E-state index in [4.69, 9.17) is 4.74 Å². The number of rotatable bonds is 10. The summed E-state index contributed by atoms with van der Waals surface area (Å²) in [5.41, 5.74) is 3.60. The van der Waals surface area contributed by atoms with Crippen molar-refractivity contribution in [1.29, 1.82) is 0 Å². The molecule has 0 unspecified atom stereocenters. The molecule has 0 bridgehead atoms. The second-order valence-electron chi connectivity index (χ2n) is 9.35.